The third-order valence-corrected chi connectivity index (χ3v) is 4.73. The van der Waals surface area contributed by atoms with Crippen molar-refractivity contribution in [3.63, 3.8) is 0 Å². The molecule has 3 N–H and O–H groups in total. The summed E-state index contributed by atoms with van der Waals surface area (Å²) >= 11 is 6.19. The van der Waals surface area contributed by atoms with Gasteiger partial charge >= 0.3 is 0 Å². The van der Waals surface area contributed by atoms with E-state index in [9.17, 15) is 4.39 Å². The summed E-state index contributed by atoms with van der Waals surface area (Å²) in [5.74, 6) is 0.300. The van der Waals surface area contributed by atoms with Crippen LogP contribution < -0.4 is 11.1 Å². The minimum absolute atomic E-state index is 0.241. The molecule has 0 radical (unpaired) electrons. The number of fused-ring (bicyclic) bond motifs is 1. The largest absolute Gasteiger partial charge is 0.398 e. The summed E-state index contributed by atoms with van der Waals surface area (Å²) in [6.07, 6.45) is 0. The van der Waals surface area contributed by atoms with Crippen LogP contribution in [-0.2, 0) is 6.54 Å². The van der Waals surface area contributed by atoms with Crippen molar-refractivity contribution in [2.24, 2.45) is 10.7 Å². The predicted molar refractivity (Wildman–Crippen MR) is 101 cm³/mol. The monoisotopic (exact) mass is 369 g/mol. The Balaban J connectivity index is 1.81. The van der Waals surface area contributed by atoms with E-state index in [1.807, 2.05) is 37.3 Å². The number of hydrogen-bond acceptors (Lipinski definition) is 4. The number of para-hydroxylation sites is 1. The Morgan fingerprint density at radius 2 is 1.92 bits per heavy atom. The molecule has 0 amide bonds. The zero-order valence-electron chi connectivity index (χ0n) is 14.1. The second-order valence-corrected chi connectivity index (χ2v) is 6.54. The Hall–Kier alpha value is -2.86. The Bertz CT molecular complexity index is 1050. The van der Waals surface area contributed by atoms with Gasteiger partial charge in [0.15, 0.2) is 5.84 Å². The number of halogens is 2. The molecular formula is C19H17ClFN5. The molecule has 1 aliphatic rings. The van der Waals surface area contributed by atoms with Crippen LogP contribution in [0.2, 0.25) is 0 Å². The van der Waals surface area contributed by atoms with Crippen LogP contribution in [-0.4, -0.2) is 21.7 Å². The summed E-state index contributed by atoms with van der Waals surface area (Å²) < 4.78 is 15.8. The molecule has 1 unspecified atom stereocenters. The molecule has 2 aromatic carbocycles. The van der Waals surface area contributed by atoms with Gasteiger partial charge in [0.1, 0.15) is 16.7 Å². The summed E-state index contributed by atoms with van der Waals surface area (Å²) in [4.78, 5) is 4.56. The fourth-order valence-corrected chi connectivity index (χ4v) is 3.23. The number of nitrogens with zero attached hydrogens (tertiary/aromatic N) is 3. The van der Waals surface area contributed by atoms with Gasteiger partial charge in [-0.1, -0.05) is 48.0 Å². The van der Waals surface area contributed by atoms with Crippen LogP contribution in [0.25, 0.3) is 10.9 Å². The Labute approximate surface area is 155 Å². The molecule has 0 aliphatic carbocycles. The highest BCUT2D eigenvalue weighted by Crippen LogP contribution is 2.23. The molecular weight excluding hydrogens is 353 g/mol. The SMILES string of the molecule is CC1N=C(c2nn(Cc3ccccc3F)c3ccccc23)NC(Cl)=C1N. The number of aliphatic imine (C=N–C) groups is 1. The Morgan fingerprint density at radius 3 is 2.69 bits per heavy atom. The first kappa shape index (κ1) is 16.6. The van der Waals surface area contributed by atoms with Crippen molar-refractivity contribution in [1.82, 2.24) is 15.1 Å². The second kappa shape index (κ2) is 6.46. The quantitative estimate of drug-likeness (QED) is 0.696. The van der Waals surface area contributed by atoms with E-state index in [2.05, 4.69) is 15.4 Å². The van der Waals surface area contributed by atoms with Gasteiger partial charge in [0, 0.05) is 10.9 Å². The molecule has 0 fully saturated rings. The molecule has 0 spiro atoms. The number of hydrogen-bond donors (Lipinski definition) is 2. The van der Waals surface area contributed by atoms with E-state index < -0.39 is 0 Å². The molecule has 0 saturated carbocycles. The van der Waals surface area contributed by atoms with Crippen molar-refractivity contribution in [1.29, 1.82) is 0 Å². The minimum atomic E-state index is -0.255. The lowest BCUT2D eigenvalue weighted by Gasteiger charge is -2.19. The van der Waals surface area contributed by atoms with Gasteiger partial charge in [-0.05, 0) is 19.1 Å². The van der Waals surface area contributed by atoms with Gasteiger partial charge in [0.25, 0.3) is 0 Å². The maximum Gasteiger partial charge on any atom is 0.155 e. The number of rotatable bonds is 3. The molecule has 3 aromatic rings. The number of amidine groups is 1. The molecule has 1 atom stereocenters. The Morgan fingerprint density at radius 1 is 1.19 bits per heavy atom. The van der Waals surface area contributed by atoms with Crippen molar-refractivity contribution < 1.29 is 4.39 Å². The third-order valence-electron chi connectivity index (χ3n) is 4.41. The van der Waals surface area contributed by atoms with Gasteiger partial charge in [0.2, 0.25) is 0 Å². The normalized spacial score (nSPS) is 17.3. The van der Waals surface area contributed by atoms with Gasteiger partial charge < -0.3 is 11.1 Å². The van der Waals surface area contributed by atoms with Crippen LogP contribution in [0.3, 0.4) is 0 Å². The van der Waals surface area contributed by atoms with E-state index in [0.29, 0.717) is 34.5 Å². The summed E-state index contributed by atoms with van der Waals surface area (Å²) in [5.41, 5.74) is 8.52. The smallest absolute Gasteiger partial charge is 0.155 e. The zero-order chi connectivity index (χ0) is 18.3. The fourth-order valence-electron chi connectivity index (χ4n) is 2.99. The molecule has 0 saturated heterocycles. The molecule has 2 heterocycles. The molecule has 5 nitrogen and oxygen atoms in total. The summed E-state index contributed by atoms with van der Waals surface area (Å²) in [6.45, 7) is 2.19. The van der Waals surface area contributed by atoms with Crippen LogP contribution in [0.5, 0.6) is 0 Å². The van der Waals surface area contributed by atoms with Crippen LogP contribution in [0.4, 0.5) is 4.39 Å². The van der Waals surface area contributed by atoms with Gasteiger partial charge in [-0.25, -0.2) is 4.39 Å². The maximum absolute atomic E-state index is 14.1. The highest BCUT2D eigenvalue weighted by atomic mass is 35.5. The zero-order valence-corrected chi connectivity index (χ0v) is 14.8. The molecule has 132 valence electrons. The van der Waals surface area contributed by atoms with Gasteiger partial charge in [-0.3, -0.25) is 9.67 Å². The highest BCUT2D eigenvalue weighted by Gasteiger charge is 2.23. The topological polar surface area (TPSA) is 68.2 Å². The Kier molecular flexibility index (Phi) is 4.12. The lowest BCUT2D eigenvalue weighted by atomic mass is 10.1. The van der Waals surface area contributed by atoms with Crippen LogP contribution in [0.15, 0.2) is 64.4 Å². The average molecular weight is 370 g/mol. The molecule has 1 aromatic heterocycles. The molecule has 1 aliphatic heterocycles. The third kappa shape index (κ3) is 2.82. The molecule has 0 bridgehead atoms. The molecule has 4 rings (SSSR count). The van der Waals surface area contributed by atoms with E-state index in [1.165, 1.54) is 6.07 Å². The second-order valence-electron chi connectivity index (χ2n) is 6.16. The first-order chi connectivity index (χ1) is 12.5. The number of nitrogens with one attached hydrogen (secondary N) is 1. The van der Waals surface area contributed by atoms with Crippen molar-refractivity contribution >= 4 is 28.3 Å². The lowest BCUT2D eigenvalue weighted by molar-refractivity contribution is 0.590. The van der Waals surface area contributed by atoms with Crippen molar-refractivity contribution in [3.8, 4) is 0 Å². The van der Waals surface area contributed by atoms with Gasteiger partial charge in [-0.15, -0.1) is 0 Å². The van der Waals surface area contributed by atoms with Crippen molar-refractivity contribution in [2.75, 3.05) is 0 Å². The van der Waals surface area contributed by atoms with Crippen LogP contribution in [0.1, 0.15) is 18.2 Å². The van der Waals surface area contributed by atoms with E-state index in [-0.39, 0.29) is 11.9 Å². The van der Waals surface area contributed by atoms with E-state index in [4.69, 9.17) is 17.3 Å². The molecule has 7 heteroatoms. The summed E-state index contributed by atoms with van der Waals surface area (Å²) in [6, 6.07) is 14.2. The number of nitrogens with two attached hydrogens (primary N) is 1. The van der Waals surface area contributed by atoms with E-state index in [1.54, 1.807) is 16.8 Å². The van der Waals surface area contributed by atoms with Crippen molar-refractivity contribution in [3.05, 3.63) is 76.5 Å². The van der Waals surface area contributed by atoms with Gasteiger partial charge in [-0.2, -0.15) is 5.10 Å². The van der Waals surface area contributed by atoms with Gasteiger partial charge in [0.05, 0.1) is 23.8 Å². The summed E-state index contributed by atoms with van der Waals surface area (Å²) in [7, 11) is 0. The number of aromatic nitrogens is 2. The first-order valence-electron chi connectivity index (χ1n) is 8.24. The maximum atomic E-state index is 14.1. The van der Waals surface area contributed by atoms with E-state index >= 15 is 0 Å². The van der Waals surface area contributed by atoms with Crippen LogP contribution >= 0.6 is 11.6 Å². The standard InChI is InChI=1S/C19H17ClFN5/c1-11-16(22)18(20)24-19(23-11)17-13-7-3-5-9-15(13)26(25-17)10-12-6-2-4-8-14(12)21/h2-9,11H,10,22H2,1H3,(H,23,24). The van der Waals surface area contributed by atoms with Crippen molar-refractivity contribution in [2.45, 2.75) is 19.5 Å². The summed E-state index contributed by atoms with van der Waals surface area (Å²) in [5, 5.41) is 8.96. The fraction of sp³-hybridized carbons (Fsp3) is 0.158. The number of benzene rings is 2. The lowest BCUT2D eigenvalue weighted by Crippen LogP contribution is -2.33. The average Bonchev–Trinajstić information content (AvgIpc) is 3.00. The van der Waals surface area contributed by atoms with E-state index in [0.717, 1.165) is 10.9 Å². The van der Waals surface area contributed by atoms with Crippen LogP contribution in [0, 0.1) is 5.82 Å². The highest BCUT2D eigenvalue weighted by molar-refractivity contribution is 6.31. The molecule has 26 heavy (non-hydrogen) atoms. The predicted octanol–water partition coefficient (Wildman–Crippen LogP) is 3.33. The first-order valence-corrected chi connectivity index (χ1v) is 8.61. The minimum Gasteiger partial charge on any atom is -0.398 e.